The number of thiophene rings is 1. The van der Waals surface area contributed by atoms with Crippen molar-refractivity contribution in [2.45, 2.75) is 25.7 Å². The van der Waals surface area contributed by atoms with Gasteiger partial charge < -0.3 is 4.74 Å². The Morgan fingerprint density at radius 3 is 2.65 bits per heavy atom. The highest BCUT2D eigenvalue weighted by molar-refractivity contribution is 7.17. The Morgan fingerprint density at radius 1 is 1.09 bits per heavy atom. The molecular weight excluding hydrogens is 304 g/mol. The average Bonchev–Trinajstić information content (AvgIpc) is 3.03. The maximum Gasteiger partial charge on any atom is 0.338 e. The van der Waals surface area contributed by atoms with Gasteiger partial charge in [-0.05, 0) is 53.3 Å². The molecule has 2 aromatic carbocycles. The van der Waals surface area contributed by atoms with Gasteiger partial charge >= 0.3 is 5.97 Å². The van der Waals surface area contributed by atoms with E-state index in [-0.39, 0.29) is 5.97 Å². The van der Waals surface area contributed by atoms with Crippen LogP contribution in [0.3, 0.4) is 0 Å². The molecule has 0 fully saturated rings. The maximum absolute atomic E-state index is 11.9. The van der Waals surface area contributed by atoms with Gasteiger partial charge in [0.1, 0.15) is 0 Å². The lowest BCUT2D eigenvalue weighted by Gasteiger charge is -2.11. The average molecular weight is 324 g/mol. The number of carbonyl (C=O) groups excluding carboxylic acids is 1. The highest BCUT2D eigenvalue weighted by Crippen LogP contribution is 2.33. The third kappa shape index (κ3) is 3.80. The van der Waals surface area contributed by atoms with Gasteiger partial charge in [-0.3, -0.25) is 0 Å². The lowest BCUT2D eigenvalue weighted by molar-refractivity contribution is 0.0496. The first-order valence-electron chi connectivity index (χ1n) is 7.94. The molecule has 3 aromatic rings. The second kappa shape index (κ2) is 7.42. The summed E-state index contributed by atoms with van der Waals surface area (Å²) in [5, 5.41) is 3.61. The minimum Gasteiger partial charge on any atom is -0.462 e. The van der Waals surface area contributed by atoms with Crippen LogP contribution in [0.25, 0.3) is 10.1 Å². The molecule has 0 aliphatic rings. The van der Waals surface area contributed by atoms with E-state index in [4.69, 9.17) is 4.74 Å². The maximum atomic E-state index is 11.9. The topological polar surface area (TPSA) is 26.3 Å². The van der Waals surface area contributed by atoms with Crippen LogP contribution in [0.5, 0.6) is 0 Å². The standard InChI is InChI=1S/C20H20O2S/c1-15(18-14-23-19-12-6-5-11-17(18)19)8-7-13-22-20(21)16-9-3-2-4-10-16/h2-6,9-12,14-15H,7-8,13H2,1H3. The first kappa shape index (κ1) is 15.8. The summed E-state index contributed by atoms with van der Waals surface area (Å²) in [6, 6.07) is 17.7. The van der Waals surface area contributed by atoms with Crippen LogP contribution >= 0.6 is 11.3 Å². The summed E-state index contributed by atoms with van der Waals surface area (Å²) in [6.45, 7) is 2.72. The molecule has 0 amide bonds. The Balaban J connectivity index is 1.50. The lowest BCUT2D eigenvalue weighted by atomic mass is 9.96. The van der Waals surface area contributed by atoms with Crippen molar-refractivity contribution in [3.05, 3.63) is 71.1 Å². The third-order valence-electron chi connectivity index (χ3n) is 4.07. The van der Waals surface area contributed by atoms with E-state index in [1.165, 1.54) is 15.6 Å². The molecule has 0 spiro atoms. The van der Waals surface area contributed by atoms with E-state index in [9.17, 15) is 4.79 Å². The number of rotatable bonds is 6. The van der Waals surface area contributed by atoms with Crippen molar-refractivity contribution >= 4 is 27.4 Å². The van der Waals surface area contributed by atoms with Crippen LogP contribution in [0.4, 0.5) is 0 Å². The van der Waals surface area contributed by atoms with Crippen molar-refractivity contribution in [3.8, 4) is 0 Å². The zero-order chi connectivity index (χ0) is 16.1. The van der Waals surface area contributed by atoms with Gasteiger partial charge in [0.15, 0.2) is 0 Å². The molecule has 0 saturated carbocycles. The van der Waals surface area contributed by atoms with Crippen molar-refractivity contribution in [2.75, 3.05) is 6.61 Å². The first-order chi connectivity index (χ1) is 11.3. The molecule has 1 aromatic heterocycles. The van der Waals surface area contributed by atoms with Crippen LogP contribution in [0.15, 0.2) is 60.0 Å². The summed E-state index contributed by atoms with van der Waals surface area (Å²) in [5.41, 5.74) is 2.02. The zero-order valence-corrected chi connectivity index (χ0v) is 14.0. The van der Waals surface area contributed by atoms with Gasteiger partial charge in [-0.1, -0.05) is 43.3 Å². The fourth-order valence-corrected chi connectivity index (χ4v) is 3.83. The monoisotopic (exact) mass is 324 g/mol. The smallest absolute Gasteiger partial charge is 0.338 e. The molecule has 1 unspecified atom stereocenters. The number of benzene rings is 2. The number of hydrogen-bond donors (Lipinski definition) is 0. The minimum absolute atomic E-state index is 0.237. The molecule has 0 aliphatic heterocycles. The van der Waals surface area contributed by atoms with Crippen LogP contribution < -0.4 is 0 Å². The normalized spacial score (nSPS) is 12.2. The van der Waals surface area contributed by atoms with Crippen LogP contribution in [0, 0.1) is 0 Å². The van der Waals surface area contributed by atoms with Gasteiger partial charge in [-0.15, -0.1) is 11.3 Å². The van der Waals surface area contributed by atoms with E-state index < -0.39 is 0 Å². The highest BCUT2D eigenvalue weighted by atomic mass is 32.1. The largest absolute Gasteiger partial charge is 0.462 e. The molecule has 3 heteroatoms. The predicted molar refractivity (Wildman–Crippen MR) is 96.2 cm³/mol. The summed E-state index contributed by atoms with van der Waals surface area (Å²) in [5.74, 6) is 0.237. The number of fused-ring (bicyclic) bond motifs is 1. The fourth-order valence-electron chi connectivity index (χ4n) is 2.75. The molecule has 0 radical (unpaired) electrons. The second-order valence-corrected chi connectivity index (χ2v) is 6.64. The summed E-state index contributed by atoms with van der Waals surface area (Å²) >= 11 is 1.80. The molecule has 0 saturated heterocycles. The van der Waals surface area contributed by atoms with Crippen molar-refractivity contribution in [1.29, 1.82) is 0 Å². The Morgan fingerprint density at radius 2 is 1.83 bits per heavy atom. The van der Waals surface area contributed by atoms with Gasteiger partial charge in [0, 0.05) is 4.70 Å². The van der Waals surface area contributed by atoms with E-state index in [1.807, 2.05) is 18.2 Å². The van der Waals surface area contributed by atoms with Crippen LogP contribution in [-0.4, -0.2) is 12.6 Å². The van der Waals surface area contributed by atoms with Crippen molar-refractivity contribution < 1.29 is 9.53 Å². The third-order valence-corrected chi connectivity index (χ3v) is 5.05. The summed E-state index contributed by atoms with van der Waals surface area (Å²) in [4.78, 5) is 11.9. The van der Waals surface area contributed by atoms with Crippen molar-refractivity contribution in [3.63, 3.8) is 0 Å². The molecule has 1 atom stereocenters. The Kier molecular flexibility index (Phi) is 5.09. The predicted octanol–water partition coefficient (Wildman–Crippen LogP) is 5.64. The highest BCUT2D eigenvalue weighted by Gasteiger charge is 2.12. The molecule has 2 nitrogen and oxygen atoms in total. The second-order valence-electron chi connectivity index (χ2n) is 5.73. The number of ether oxygens (including phenoxy) is 1. The minimum atomic E-state index is -0.237. The Labute approximate surface area is 140 Å². The molecule has 0 N–H and O–H groups in total. The Bertz CT molecular complexity index is 776. The molecule has 1 heterocycles. The summed E-state index contributed by atoms with van der Waals surface area (Å²) in [6.07, 6.45) is 1.90. The number of hydrogen-bond acceptors (Lipinski definition) is 3. The molecule has 3 rings (SSSR count). The van der Waals surface area contributed by atoms with Crippen molar-refractivity contribution in [1.82, 2.24) is 0 Å². The van der Waals surface area contributed by atoms with Gasteiger partial charge in [-0.25, -0.2) is 4.79 Å². The number of esters is 1. The zero-order valence-electron chi connectivity index (χ0n) is 13.2. The van der Waals surface area contributed by atoms with E-state index in [0.717, 1.165) is 12.8 Å². The number of carbonyl (C=O) groups is 1. The molecule has 0 aliphatic carbocycles. The van der Waals surface area contributed by atoms with Crippen molar-refractivity contribution in [2.24, 2.45) is 0 Å². The first-order valence-corrected chi connectivity index (χ1v) is 8.82. The van der Waals surface area contributed by atoms with E-state index in [1.54, 1.807) is 23.5 Å². The van der Waals surface area contributed by atoms with E-state index >= 15 is 0 Å². The van der Waals surface area contributed by atoms with E-state index in [0.29, 0.717) is 18.1 Å². The SMILES string of the molecule is CC(CCCOC(=O)c1ccccc1)c1csc2ccccc12. The van der Waals surface area contributed by atoms with E-state index in [2.05, 4.69) is 36.6 Å². The lowest BCUT2D eigenvalue weighted by Crippen LogP contribution is -2.07. The molecule has 0 bridgehead atoms. The van der Waals surface area contributed by atoms with Crippen LogP contribution in [0.1, 0.15) is 41.6 Å². The Hall–Kier alpha value is -2.13. The molecular formula is C20H20O2S. The molecule has 118 valence electrons. The summed E-state index contributed by atoms with van der Waals surface area (Å²) in [7, 11) is 0. The molecule has 23 heavy (non-hydrogen) atoms. The van der Waals surface area contributed by atoms with Gasteiger partial charge in [-0.2, -0.15) is 0 Å². The van der Waals surface area contributed by atoms with Gasteiger partial charge in [0.2, 0.25) is 0 Å². The fraction of sp³-hybridized carbons (Fsp3) is 0.250. The quantitative estimate of drug-likeness (QED) is 0.433. The summed E-state index contributed by atoms with van der Waals surface area (Å²) < 4.78 is 6.68. The van der Waals surface area contributed by atoms with Crippen LogP contribution in [0.2, 0.25) is 0 Å². The van der Waals surface area contributed by atoms with Gasteiger partial charge in [0.25, 0.3) is 0 Å². The van der Waals surface area contributed by atoms with Gasteiger partial charge in [0.05, 0.1) is 12.2 Å². The van der Waals surface area contributed by atoms with Crippen LogP contribution in [-0.2, 0) is 4.74 Å².